The summed E-state index contributed by atoms with van der Waals surface area (Å²) in [6.45, 7) is 1.03. The minimum Gasteiger partial charge on any atom is -0.486 e. The number of rotatable bonds is 3. The predicted molar refractivity (Wildman–Crippen MR) is 116 cm³/mol. The third-order valence-corrected chi connectivity index (χ3v) is 8.14. The Morgan fingerprint density at radius 1 is 1.10 bits per heavy atom. The fourth-order valence-corrected chi connectivity index (χ4v) is 7.01. The molecule has 2 aromatic rings. The van der Waals surface area contributed by atoms with Crippen LogP contribution >= 0.6 is 23.4 Å². The van der Waals surface area contributed by atoms with Crippen LogP contribution in [-0.2, 0) is 15.6 Å². The van der Waals surface area contributed by atoms with Crippen LogP contribution in [0.15, 0.2) is 47.5 Å². The van der Waals surface area contributed by atoms with Gasteiger partial charge in [-0.1, -0.05) is 35.5 Å². The number of sulfone groups is 1. The number of hydrogen-bond acceptors (Lipinski definition) is 7. The van der Waals surface area contributed by atoms with Crippen LogP contribution in [0.4, 0.5) is 5.69 Å². The molecule has 0 spiro atoms. The molecule has 0 amide bonds. The van der Waals surface area contributed by atoms with Crippen LogP contribution in [0.3, 0.4) is 0 Å². The van der Waals surface area contributed by atoms with Crippen molar-refractivity contribution in [2.75, 3.05) is 29.6 Å². The van der Waals surface area contributed by atoms with Crippen LogP contribution in [-0.4, -0.2) is 50.4 Å². The zero-order chi connectivity index (χ0) is 20.0. The lowest BCUT2D eigenvalue weighted by atomic mass is 10.1. The molecule has 0 N–H and O–H groups in total. The first-order valence-corrected chi connectivity index (χ1v) is 12.5. The van der Waals surface area contributed by atoms with Gasteiger partial charge in [0.05, 0.1) is 23.6 Å². The van der Waals surface area contributed by atoms with E-state index in [2.05, 4.69) is 0 Å². The van der Waals surface area contributed by atoms with E-state index in [1.807, 2.05) is 47.4 Å². The van der Waals surface area contributed by atoms with Crippen LogP contribution in [0.2, 0.25) is 5.02 Å². The number of aliphatic imine (C=N–C) groups is 1. The highest BCUT2D eigenvalue weighted by Crippen LogP contribution is 2.40. The first-order chi connectivity index (χ1) is 14.0. The highest BCUT2D eigenvalue weighted by Gasteiger charge is 2.47. The Hall–Kier alpha value is -1.90. The molecule has 0 saturated carbocycles. The van der Waals surface area contributed by atoms with E-state index in [9.17, 15) is 8.42 Å². The van der Waals surface area contributed by atoms with Gasteiger partial charge in [-0.15, -0.1) is 0 Å². The van der Waals surface area contributed by atoms with E-state index in [1.165, 1.54) is 0 Å². The Morgan fingerprint density at radius 3 is 2.76 bits per heavy atom. The number of anilines is 1. The van der Waals surface area contributed by atoms with Crippen molar-refractivity contribution >= 4 is 44.1 Å². The lowest BCUT2D eigenvalue weighted by Crippen LogP contribution is -2.39. The molecule has 2 aromatic carbocycles. The van der Waals surface area contributed by atoms with Crippen LogP contribution in [0.1, 0.15) is 5.56 Å². The highest BCUT2D eigenvalue weighted by atomic mass is 35.5. The second-order valence-electron chi connectivity index (χ2n) is 7.24. The van der Waals surface area contributed by atoms with Gasteiger partial charge in [0.2, 0.25) is 0 Å². The number of fused-ring (bicyclic) bond motifs is 2. The summed E-state index contributed by atoms with van der Waals surface area (Å²) in [5.41, 5.74) is 1.97. The van der Waals surface area contributed by atoms with E-state index in [1.54, 1.807) is 11.8 Å². The van der Waals surface area contributed by atoms with Gasteiger partial charge in [0.15, 0.2) is 26.5 Å². The predicted octanol–water partition coefficient (Wildman–Crippen LogP) is 3.39. The van der Waals surface area contributed by atoms with Gasteiger partial charge in [-0.05, 0) is 29.8 Å². The molecular weight excluding hydrogens is 432 g/mol. The van der Waals surface area contributed by atoms with E-state index in [-0.39, 0.29) is 23.6 Å². The van der Waals surface area contributed by atoms with Crippen molar-refractivity contribution in [1.29, 1.82) is 0 Å². The van der Waals surface area contributed by atoms with Gasteiger partial charge in [0.25, 0.3) is 0 Å². The molecular formula is C20H19ClN2O4S2. The van der Waals surface area contributed by atoms with Gasteiger partial charge < -0.3 is 14.4 Å². The second kappa shape index (κ2) is 7.41. The van der Waals surface area contributed by atoms with E-state index in [0.29, 0.717) is 35.5 Å². The molecule has 152 valence electrons. The van der Waals surface area contributed by atoms with Crippen molar-refractivity contribution in [3.63, 3.8) is 0 Å². The zero-order valence-corrected chi connectivity index (χ0v) is 17.8. The molecule has 1 fully saturated rings. The fourth-order valence-electron chi connectivity index (χ4n) is 3.89. The van der Waals surface area contributed by atoms with Gasteiger partial charge in [0.1, 0.15) is 13.2 Å². The summed E-state index contributed by atoms with van der Waals surface area (Å²) < 4.78 is 35.8. The maximum absolute atomic E-state index is 12.2. The molecule has 29 heavy (non-hydrogen) atoms. The smallest absolute Gasteiger partial charge is 0.164 e. The van der Waals surface area contributed by atoms with Crippen LogP contribution in [0.25, 0.3) is 0 Å². The third kappa shape index (κ3) is 3.81. The summed E-state index contributed by atoms with van der Waals surface area (Å²) in [5, 5.41) is 1.52. The van der Waals surface area contributed by atoms with E-state index in [0.717, 1.165) is 16.4 Å². The van der Waals surface area contributed by atoms with Gasteiger partial charge in [-0.3, -0.25) is 4.99 Å². The summed E-state index contributed by atoms with van der Waals surface area (Å²) in [7, 11) is -3.09. The first-order valence-electron chi connectivity index (χ1n) is 9.33. The maximum Gasteiger partial charge on any atom is 0.164 e. The van der Waals surface area contributed by atoms with E-state index >= 15 is 0 Å². The molecule has 3 heterocycles. The largest absolute Gasteiger partial charge is 0.486 e. The molecule has 5 rings (SSSR count). The molecule has 2 atom stereocenters. The number of halogens is 1. The Morgan fingerprint density at radius 2 is 1.93 bits per heavy atom. The molecule has 0 aliphatic carbocycles. The number of amidine groups is 1. The average molecular weight is 451 g/mol. The molecule has 1 saturated heterocycles. The van der Waals surface area contributed by atoms with Crippen molar-refractivity contribution in [1.82, 2.24) is 0 Å². The number of nitrogens with zero attached hydrogens (tertiary/aromatic N) is 2. The van der Waals surface area contributed by atoms with Crippen LogP contribution in [0.5, 0.6) is 11.5 Å². The Bertz CT molecular complexity index is 1090. The molecule has 0 radical (unpaired) electrons. The van der Waals surface area contributed by atoms with E-state index in [4.69, 9.17) is 26.1 Å². The standard InChI is InChI=1S/C20H19ClN2O4S2/c21-14-3-1-2-13(8-14)10-28-20-22-16-11-29(24,25)12-17(16)23(20)15-4-5-18-19(9-15)27-7-6-26-18/h1-5,8-9,16-17H,6-7,10-12H2/t16-,17+/m0/s1. The maximum atomic E-state index is 12.2. The third-order valence-electron chi connectivity index (χ3n) is 5.17. The van der Waals surface area contributed by atoms with Crippen molar-refractivity contribution in [3.05, 3.63) is 53.1 Å². The Kier molecular flexibility index (Phi) is 4.88. The molecule has 3 aliphatic rings. The molecule has 0 aromatic heterocycles. The van der Waals surface area contributed by atoms with Gasteiger partial charge >= 0.3 is 0 Å². The van der Waals surface area contributed by atoms with Crippen molar-refractivity contribution in [2.45, 2.75) is 17.8 Å². The molecule has 9 heteroatoms. The number of ether oxygens (including phenoxy) is 2. The summed E-state index contributed by atoms with van der Waals surface area (Å²) in [4.78, 5) is 6.82. The SMILES string of the molecule is O=S1(=O)C[C@@H]2N=C(SCc3cccc(Cl)c3)N(c3ccc4c(c3)OCCO4)[C@@H]2C1. The van der Waals surface area contributed by atoms with Crippen molar-refractivity contribution in [2.24, 2.45) is 4.99 Å². The Labute approximate surface area is 178 Å². The number of hydrogen-bond donors (Lipinski definition) is 0. The quantitative estimate of drug-likeness (QED) is 0.714. The molecule has 0 bridgehead atoms. The monoisotopic (exact) mass is 450 g/mol. The van der Waals surface area contributed by atoms with Gasteiger partial charge in [-0.2, -0.15) is 0 Å². The molecule has 0 unspecified atom stereocenters. The highest BCUT2D eigenvalue weighted by molar-refractivity contribution is 8.13. The lowest BCUT2D eigenvalue weighted by Gasteiger charge is -2.28. The fraction of sp³-hybridized carbons (Fsp3) is 0.350. The van der Waals surface area contributed by atoms with Gasteiger partial charge in [-0.25, -0.2) is 8.42 Å². The van der Waals surface area contributed by atoms with Crippen molar-refractivity contribution < 1.29 is 17.9 Å². The summed E-state index contributed by atoms with van der Waals surface area (Å²) in [5.74, 6) is 2.29. The van der Waals surface area contributed by atoms with Gasteiger partial charge in [0, 0.05) is 22.5 Å². The zero-order valence-electron chi connectivity index (χ0n) is 15.5. The first kappa shape index (κ1) is 19.1. The lowest BCUT2D eigenvalue weighted by molar-refractivity contribution is 0.171. The molecule has 3 aliphatic heterocycles. The normalized spacial score (nSPS) is 24.3. The molecule has 6 nitrogen and oxygen atoms in total. The second-order valence-corrected chi connectivity index (χ2v) is 10.8. The summed E-state index contributed by atoms with van der Waals surface area (Å²) >= 11 is 7.69. The number of thioether (sulfide) groups is 1. The van der Waals surface area contributed by atoms with Crippen LogP contribution < -0.4 is 14.4 Å². The topological polar surface area (TPSA) is 68.2 Å². The minimum atomic E-state index is -3.09. The van der Waals surface area contributed by atoms with Crippen LogP contribution in [0, 0.1) is 0 Å². The average Bonchev–Trinajstić information content (AvgIpc) is 3.17. The summed E-state index contributed by atoms with van der Waals surface area (Å²) in [6, 6.07) is 13.0. The summed E-state index contributed by atoms with van der Waals surface area (Å²) in [6.07, 6.45) is 0. The number of benzene rings is 2. The minimum absolute atomic E-state index is 0.0972. The van der Waals surface area contributed by atoms with E-state index < -0.39 is 9.84 Å². The Balaban J connectivity index is 1.45. The van der Waals surface area contributed by atoms with Crippen molar-refractivity contribution in [3.8, 4) is 11.5 Å².